The van der Waals surface area contributed by atoms with Gasteiger partial charge in [-0.3, -0.25) is 0 Å². The van der Waals surface area contributed by atoms with Gasteiger partial charge in [0, 0.05) is 12.4 Å². The fourth-order valence-corrected chi connectivity index (χ4v) is 1.06. The fourth-order valence-electron chi connectivity index (χ4n) is 0.702. The summed E-state index contributed by atoms with van der Waals surface area (Å²) in [5.74, 6) is 1.72. The van der Waals surface area contributed by atoms with Gasteiger partial charge in [0.2, 0.25) is 0 Å². The minimum atomic E-state index is 0.682. The molecule has 0 aliphatic heterocycles. The Morgan fingerprint density at radius 2 is 1.33 bits per heavy atom. The molecule has 0 N–H and O–H groups in total. The molecule has 0 aromatic rings. The number of hydrogen-bond donors (Lipinski definition) is 2. The van der Waals surface area contributed by atoms with Crippen LogP contribution in [0.25, 0.3) is 0 Å². The summed E-state index contributed by atoms with van der Waals surface area (Å²) in [5.41, 5.74) is 0. The lowest BCUT2D eigenvalue weighted by Gasteiger charge is -2.03. The molecule has 0 fully saturated rings. The van der Waals surface area contributed by atoms with Crippen LogP contribution in [0.1, 0.15) is 12.8 Å². The van der Waals surface area contributed by atoms with Crippen LogP contribution in [0.3, 0.4) is 0 Å². The Kier molecular flexibility index (Phi) is 12.2. The van der Waals surface area contributed by atoms with E-state index in [9.17, 15) is 0 Å². The van der Waals surface area contributed by atoms with Crippen molar-refractivity contribution in [3.05, 3.63) is 0 Å². The average molecular weight is 210 g/mol. The van der Waals surface area contributed by atoms with Crippen molar-refractivity contribution in [2.24, 2.45) is 0 Å². The van der Waals surface area contributed by atoms with E-state index in [1.165, 1.54) is 0 Å². The van der Waals surface area contributed by atoms with Crippen molar-refractivity contribution in [2.75, 3.05) is 37.9 Å². The van der Waals surface area contributed by atoms with Gasteiger partial charge >= 0.3 is 0 Å². The van der Waals surface area contributed by atoms with E-state index in [4.69, 9.17) is 9.47 Å². The van der Waals surface area contributed by atoms with Crippen molar-refractivity contribution in [2.45, 2.75) is 12.8 Å². The first kappa shape index (κ1) is 12.6. The van der Waals surface area contributed by atoms with Crippen LogP contribution in [0.2, 0.25) is 0 Å². The molecule has 12 heavy (non-hydrogen) atoms. The van der Waals surface area contributed by atoms with E-state index in [1.807, 2.05) is 0 Å². The third-order valence-corrected chi connectivity index (χ3v) is 1.80. The molecule has 0 bridgehead atoms. The van der Waals surface area contributed by atoms with E-state index in [-0.39, 0.29) is 0 Å². The largest absolute Gasteiger partial charge is 0.379 e. The second kappa shape index (κ2) is 11.6. The Balaban J connectivity index is 2.73. The summed E-state index contributed by atoms with van der Waals surface area (Å²) in [7, 11) is 0. The lowest BCUT2D eigenvalue weighted by Crippen LogP contribution is -2.06. The van der Waals surface area contributed by atoms with E-state index in [2.05, 4.69) is 25.3 Å². The van der Waals surface area contributed by atoms with Crippen LogP contribution in [-0.4, -0.2) is 37.9 Å². The van der Waals surface area contributed by atoms with Crippen LogP contribution >= 0.6 is 25.3 Å². The van der Waals surface area contributed by atoms with Crippen LogP contribution < -0.4 is 0 Å². The van der Waals surface area contributed by atoms with E-state index in [1.54, 1.807) is 0 Å². The van der Waals surface area contributed by atoms with Crippen LogP contribution in [-0.2, 0) is 9.47 Å². The Morgan fingerprint density at radius 3 is 1.92 bits per heavy atom. The van der Waals surface area contributed by atoms with Crippen molar-refractivity contribution in [3.63, 3.8) is 0 Å². The summed E-state index contributed by atoms with van der Waals surface area (Å²) in [4.78, 5) is 0. The zero-order valence-corrected chi connectivity index (χ0v) is 9.16. The first-order valence-electron chi connectivity index (χ1n) is 4.29. The van der Waals surface area contributed by atoms with Gasteiger partial charge in [-0.1, -0.05) is 0 Å². The number of thiol groups is 2. The predicted octanol–water partition coefficient (Wildman–Crippen LogP) is 1.66. The molecule has 0 spiro atoms. The Labute approximate surface area is 85.8 Å². The van der Waals surface area contributed by atoms with Crippen LogP contribution in [0.4, 0.5) is 0 Å². The second-order valence-electron chi connectivity index (χ2n) is 2.38. The minimum Gasteiger partial charge on any atom is -0.379 e. The lowest BCUT2D eigenvalue weighted by molar-refractivity contribution is 0.0528. The predicted molar refractivity (Wildman–Crippen MR) is 58.6 cm³/mol. The van der Waals surface area contributed by atoms with E-state index in [0.717, 1.165) is 31.0 Å². The van der Waals surface area contributed by atoms with Crippen molar-refractivity contribution < 1.29 is 9.47 Å². The molecule has 0 unspecified atom stereocenters. The van der Waals surface area contributed by atoms with Crippen LogP contribution in [0.15, 0.2) is 0 Å². The van der Waals surface area contributed by atoms with Gasteiger partial charge in [0.05, 0.1) is 19.8 Å². The maximum Gasteiger partial charge on any atom is 0.0700 e. The fraction of sp³-hybridized carbons (Fsp3) is 1.00. The summed E-state index contributed by atoms with van der Waals surface area (Å²) >= 11 is 8.12. The number of unbranched alkanes of at least 4 members (excludes halogenated alkanes) is 1. The van der Waals surface area contributed by atoms with Gasteiger partial charge in [0.1, 0.15) is 0 Å². The molecular weight excluding hydrogens is 192 g/mol. The molecule has 0 aromatic heterocycles. The molecule has 0 atom stereocenters. The molecule has 74 valence electrons. The second-order valence-corrected chi connectivity index (χ2v) is 3.27. The first-order chi connectivity index (χ1) is 5.91. The maximum atomic E-state index is 5.30. The molecular formula is C8H18O2S2. The smallest absolute Gasteiger partial charge is 0.0700 e. The molecule has 0 rings (SSSR count). The van der Waals surface area contributed by atoms with Crippen LogP contribution in [0.5, 0.6) is 0 Å². The zero-order chi connectivity index (χ0) is 9.07. The van der Waals surface area contributed by atoms with Gasteiger partial charge in [-0.15, -0.1) is 0 Å². The Hall–Kier alpha value is 0.620. The van der Waals surface area contributed by atoms with Crippen molar-refractivity contribution in [1.29, 1.82) is 0 Å². The highest BCUT2D eigenvalue weighted by molar-refractivity contribution is 7.80. The third kappa shape index (κ3) is 10.6. The molecule has 0 saturated heterocycles. The molecule has 0 saturated carbocycles. The molecule has 0 heterocycles. The number of ether oxygens (including phenoxy) is 2. The minimum absolute atomic E-state index is 0.682. The zero-order valence-electron chi connectivity index (χ0n) is 7.37. The van der Waals surface area contributed by atoms with Crippen molar-refractivity contribution in [1.82, 2.24) is 0 Å². The summed E-state index contributed by atoms with van der Waals surface area (Å²) in [6, 6.07) is 0. The topological polar surface area (TPSA) is 18.5 Å². The summed E-state index contributed by atoms with van der Waals surface area (Å²) < 4.78 is 10.5. The third-order valence-electron chi connectivity index (χ3n) is 1.30. The molecule has 0 aliphatic carbocycles. The summed E-state index contributed by atoms with van der Waals surface area (Å²) in [6.45, 7) is 2.91. The lowest BCUT2D eigenvalue weighted by atomic mass is 10.4. The highest BCUT2D eigenvalue weighted by Crippen LogP contribution is 1.91. The maximum absolute atomic E-state index is 5.30. The van der Waals surface area contributed by atoms with Gasteiger partial charge < -0.3 is 9.47 Å². The van der Waals surface area contributed by atoms with Crippen LogP contribution in [0, 0.1) is 0 Å². The molecule has 0 aromatic carbocycles. The van der Waals surface area contributed by atoms with Gasteiger partial charge in [0.25, 0.3) is 0 Å². The van der Waals surface area contributed by atoms with Gasteiger partial charge in [-0.2, -0.15) is 25.3 Å². The number of rotatable bonds is 9. The molecule has 0 aliphatic rings. The highest BCUT2D eigenvalue weighted by Gasteiger charge is 1.89. The SMILES string of the molecule is SCCCCOCCOCCS. The summed E-state index contributed by atoms with van der Waals surface area (Å²) in [5, 5.41) is 0. The molecule has 0 radical (unpaired) electrons. The van der Waals surface area contributed by atoms with E-state index in [0.29, 0.717) is 19.8 Å². The number of hydrogen-bond acceptors (Lipinski definition) is 4. The van der Waals surface area contributed by atoms with Gasteiger partial charge in [-0.25, -0.2) is 0 Å². The monoisotopic (exact) mass is 210 g/mol. The quantitative estimate of drug-likeness (QED) is 0.445. The van der Waals surface area contributed by atoms with Crippen molar-refractivity contribution in [3.8, 4) is 0 Å². The average Bonchev–Trinajstić information content (AvgIpc) is 2.10. The Bertz CT molecular complexity index is 71.5. The first-order valence-corrected chi connectivity index (χ1v) is 5.55. The normalized spacial score (nSPS) is 10.5. The van der Waals surface area contributed by atoms with Crippen molar-refractivity contribution >= 4 is 25.3 Å². The van der Waals surface area contributed by atoms with E-state index < -0.39 is 0 Å². The molecule has 2 nitrogen and oxygen atoms in total. The standard InChI is InChI=1S/C8H18O2S2/c11-7-2-1-3-9-4-5-10-6-8-12/h11-12H,1-8H2. The highest BCUT2D eigenvalue weighted by atomic mass is 32.1. The molecule has 0 amide bonds. The van der Waals surface area contributed by atoms with E-state index >= 15 is 0 Å². The van der Waals surface area contributed by atoms with Gasteiger partial charge in [-0.05, 0) is 18.6 Å². The summed E-state index contributed by atoms with van der Waals surface area (Å²) in [6.07, 6.45) is 2.22. The molecule has 4 heteroatoms. The Morgan fingerprint density at radius 1 is 0.667 bits per heavy atom. The van der Waals surface area contributed by atoms with Gasteiger partial charge in [0.15, 0.2) is 0 Å².